The molecule has 102 valence electrons. The molecule has 3 aromatic rings. The van der Waals surface area contributed by atoms with E-state index < -0.39 is 6.10 Å². The number of rotatable bonds is 3. The maximum absolute atomic E-state index is 13.7. The van der Waals surface area contributed by atoms with Gasteiger partial charge in [-0.15, -0.1) is 11.3 Å². The van der Waals surface area contributed by atoms with Gasteiger partial charge in [-0.2, -0.15) is 0 Å². The molecule has 0 radical (unpaired) electrons. The predicted octanol–water partition coefficient (Wildman–Crippen LogP) is 3.09. The van der Waals surface area contributed by atoms with Gasteiger partial charge in [-0.25, -0.2) is 9.37 Å². The maximum atomic E-state index is 13.7. The first kappa shape index (κ1) is 13.2. The molecule has 2 aromatic heterocycles. The number of hydrogen-bond acceptors (Lipinski definition) is 4. The molecule has 3 nitrogen and oxygen atoms in total. The van der Waals surface area contributed by atoms with Crippen LogP contribution >= 0.6 is 11.3 Å². The van der Waals surface area contributed by atoms with Gasteiger partial charge < -0.3 is 10.8 Å². The highest BCUT2D eigenvalue weighted by Gasteiger charge is 2.12. The molecular formula is C15H13FN2OS. The molecule has 0 aliphatic carbocycles. The lowest BCUT2D eigenvalue weighted by Crippen LogP contribution is -2.12. The van der Waals surface area contributed by atoms with Gasteiger partial charge in [0.15, 0.2) is 0 Å². The second-order valence-corrected chi connectivity index (χ2v) is 5.34. The van der Waals surface area contributed by atoms with E-state index in [-0.39, 0.29) is 12.4 Å². The molecule has 0 bridgehead atoms. The van der Waals surface area contributed by atoms with Gasteiger partial charge in [-0.05, 0) is 18.2 Å². The zero-order valence-corrected chi connectivity index (χ0v) is 11.4. The molecule has 0 aliphatic rings. The zero-order chi connectivity index (χ0) is 14.1. The van der Waals surface area contributed by atoms with Gasteiger partial charge >= 0.3 is 0 Å². The van der Waals surface area contributed by atoms with Gasteiger partial charge in [0.1, 0.15) is 11.9 Å². The van der Waals surface area contributed by atoms with Gasteiger partial charge in [-0.1, -0.05) is 18.2 Å². The Morgan fingerprint density at radius 2 is 2.05 bits per heavy atom. The minimum Gasteiger partial charge on any atom is -0.385 e. The summed E-state index contributed by atoms with van der Waals surface area (Å²) in [4.78, 5) is 4.42. The van der Waals surface area contributed by atoms with E-state index in [9.17, 15) is 9.50 Å². The van der Waals surface area contributed by atoms with Crippen molar-refractivity contribution in [2.24, 2.45) is 5.73 Å². The zero-order valence-electron chi connectivity index (χ0n) is 10.6. The fourth-order valence-corrected chi connectivity index (χ4v) is 3.10. The Morgan fingerprint density at radius 1 is 1.25 bits per heavy atom. The van der Waals surface area contributed by atoms with Crippen LogP contribution in [0.3, 0.4) is 0 Å². The minimum absolute atomic E-state index is 0.121. The molecular weight excluding hydrogens is 275 g/mol. The number of hydrogen-bond donors (Lipinski definition) is 2. The molecule has 1 unspecified atom stereocenters. The van der Waals surface area contributed by atoms with Crippen molar-refractivity contribution in [3.63, 3.8) is 0 Å². The number of aliphatic hydroxyl groups excluding tert-OH is 1. The fraction of sp³-hybridized carbons (Fsp3) is 0.133. The van der Waals surface area contributed by atoms with E-state index in [0.29, 0.717) is 16.1 Å². The Hall–Kier alpha value is -1.82. The Kier molecular flexibility index (Phi) is 3.48. The van der Waals surface area contributed by atoms with E-state index in [1.54, 1.807) is 12.1 Å². The van der Waals surface area contributed by atoms with E-state index in [1.807, 2.05) is 23.6 Å². The average Bonchev–Trinajstić information content (AvgIpc) is 2.92. The highest BCUT2D eigenvalue weighted by Crippen LogP contribution is 2.34. The molecule has 0 saturated carbocycles. The summed E-state index contributed by atoms with van der Waals surface area (Å²) in [5.74, 6) is -0.225. The number of fused-ring (bicyclic) bond motifs is 1. The highest BCUT2D eigenvalue weighted by atomic mass is 32.1. The molecule has 0 saturated heterocycles. The van der Waals surface area contributed by atoms with Gasteiger partial charge in [0.05, 0.1) is 16.1 Å². The summed E-state index contributed by atoms with van der Waals surface area (Å²) >= 11 is 1.35. The van der Waals surface area contributed by atoms with Gasteiger partial charge in [-0.3, -0.25) is 0 Å². The van der Waals surface area contributed by atoms with Crippen LogP contribution in [0.2, 0.25) is 0 Å². The summed E-state index contributed by atoms with van der Waals surface area (Å²) in [6, 6.07) is 10.4. The van der Waals surface area contributed by atoms with Crippen LogP contribution in [-0.2, 0) is 0 Å². The van der Waals surface area contributed by atoms with Crippen molar-refractivity contribution in [1.82, 2.24) is 4.98 Å². The predicted molar refractivity (Wildman–Crippen MR) is 79.0 cm³/mol. The average molecular weight is 288 g/mol. The maximum Gasteiger partial charge on any atom is 0.141 e. The first-order valence-corrected chi connectivity index (χ1v) is 7.10. The largest absolute Gasteiger partial charge is 0.385 e. The number of nitrogens with zero attached hydrogens (tertiary/aromatic N) is 1. The molecule has 2 heterocycles. The Morgan fingerprint density at radius 3 is 2.85 bits per heavy atom. The van der Waals surface area contributed by atoms with Crippen molar-refractivity contribution in [2.45, 2.75) is 6.10 Å². The van der Waals surface area contributed by atoms with Crippen molar-refractivity contribution in [2.75, 3.05) is 6.54 Å². The molecule has 3 rings (SSSR count). The summed E-state index contributed by atoms with van der Waals surface area (Å²) < 4.78 is 14.3. The van der Waals surface area contributed by atoms with Crippen LogP contribution in [0.25, 0.3) is 21.3 Å². The topological polar surface area (TPSA) is 59.1 Å². The van der Waals surface area contributed by atoms with E-state index in [0.717, 1.165) is 10.9 Å². The number of benzene rings is 1. The molecule has 1 aromatic carbocycles. The van der Waals surface area contributed by atoms with Crippen molar-refractivity contribution in [3.05, 3.63) is 53.3 Å². The van der Waals surface area contributed by atoms with Crippen LogP contribution in [0, 0.1) is 5.82 Å². The molecule has 0 aliphatic heterocycles. The molecule has 0 fully saturated rings. The summed E-state index contributed by atoms with van der Waals surface area (Å²) in [5.41, 5.74) is 7.56. The number of pyridine rings is 1. The highest BCUT2D eigenvalue weighted by molar-refractivity contribution is 7.17. The number of nitrogens with two attached hydrogens (primary N) is 1. The summed E-state index contributed by atoms with van der Waals surface area (Å²) in [6.07, 6.45) is -0.781. The SMILES string of the molecule is NCC(O)c1cccc(-c2csc3c(F)cccc23)n1. The molecule has 1 atom stereocenters. The van der Waals surface area contributed by atoms with Crippen LogP contribution < -0.4 is 5.73 Å². The second-order valence-electron chi connectivity index (χ2n) is 4.47. The Labute approximate surface area is 119 Å². The van der Waals surface area contributed by atoms with Crippen molar-refractivity contribution in [3.8, 4) is 11.3 Å². The first-order chi connectivity index (χ1) is 9.70. The lowest BCUT2D eigenvalue weighted by atomic mass is 10.1. The molecule has 0 spiro atoms. The molecule has 20 heavy (non-hydrogen) atoms. The Balaban J connectivity index is 2.14. The lowest BCUT2D eigenvalue weighted by molar-refractivity contribution is 0.182. The first-order valence-electron chi connectivity index (χ1n) is 6.22. The van der Waals surface area contributed by atoms with Crippen LogP contribution in [0.1, 0.15) is 11.8 Å². The standard InChI is InChI=1S/C15H13FN2OS/c16-11-4-1-3-9-10(8-20-15(9)11)12-5-2-6-13(18-12)14(19)7-17/h1-6,8,14,19H,7,17H2. The van der Waals surface area contributed by atoms with Gasteiger partial charge in [0.2, 0.25) is 0 Å². The normalized spacial score (nSPS) is 12.8. The van der Waals surface area contributed by atoms with Gasteiger partial charge in [0.25, 0.3) is 0 Å². The van der Waals surface area contributed by atoms with Crippen molar-refractivity contribution in [1.29, 1.82) is 0 Å². The third-order valence-corrected chi connectivity index (χ3v) is 4.17. The molecule has 5 heteroatoms. The third-order valence-electron chi connectivity index (χ3n) is 3.16. The Bertz CT molecular complexity index is 756. The minimum atomic E-state index is -0.781. The lowest BCUT2D eigenvalue weighted by Gasteiger charge is -2.08. The number of thiophene rings is 1. The quantitative estimate of drug-likeness (QED) is 0.778. The fourth-order valence-electron chi connectivity index (χ4n) is 2.13. The van der Waals surface area contributed by atoms with Gasteiger partial charge in [0, 0.05) is 22.9 Å². The third kappa shape index (κ3) is 2.20. The second kappa shape index (κ2) is 5.28. The summed E-state index contributed by atoms with van der Waals surface area (Å²) in [7, 11) is 0. The van der Waals surface area contributed by atoms with E-state index in [4.69, 9.17) is 5.73 Å². The van der Waals surface area contributed by atoms with Crippen LogP contribution in [0.15, 0.2) is 41.8 Å². The van der Waals surface area contributed by atoms with Crippen LogP contribution in [-0.4, -0.2) is 16.6 Å². The molecule has 3 N–H and O–H groups in total. The monoisotopic (exact) mass is 288 g/mol. The van der Waals surface area contributed by atoms with E-state index in [2.05, 4.69) is 4.98 Å². The summed E-state index contributed by atoms with van der Waals surface area (Å²) in [6.45, 7) is 0.121. The van der Waals surface area contributed by atoms with E-state index in [1.165, 1.54) is 17.4 Å². The summed E-state index contributed by atoms with van der Waals surface area (Å²) in [5, 5.41) is 12.5. The van der Waals surface area contributed by atoms with Crippen molar-refractivity contribution < 1.29 is 9.50 Å². The van der Waals surface area contributed by atoms with Crippen LogP contribution in [0.5, 0.6) is 0 Å². The number of halogens is 1. The van der Waals surface area contributed by atoms with Crippen LogP contribution in [0.4, 0.5) is 4.39 Å². The number of aromatic nitrogens is 1. The smallest absolute Gasteiger partial charge is 0.141 e. The number of aliphatic hydroxyl groups is 1. The van der Waals surface area contributed by atoms with Crippen molar-refractivity contribution >= 4 is 21.4 Å². The molecule has 0 amide bonds. The van der Waals surface area contributed by atoms with E-state index >= 15 is 0 Å².